The summed E-state index contributed by atoms with van der Waals surface area (Å²) in [6.45, 7) is 3.22. The van der Waals surface area contributed by atoms with Crippen LogP contribution < -0.4 is 10.6 Å². The Bertz CT molecular complexity index is 1290. The number of fused-ring (bicyclic) bond motifs is 1. The highest BCUT2D eigenvalue weighted by molar-refractivity contribution is 6.44. The molecule has 0 spiro atoms. The van der Waals surface area contributed by atoms with Gasteiger partial charge >= 0.3 is 0 Å². The number of Topliss-reactive ketones (excluding diaryl/α,β-unsaturated/α-hetero) is 1. The number of aromatic nitrogens is 1. The van der Waals surface area contributed by atoms with Gasteiger partial charge in [-0.15, -0.1) is 0 Å². The van der Waals surface area contributed by atoms with Crippen molar-refractivity contribution in [3.05, 3.63) is 52.1 Å². The van der Waals surface area contributed by atoms with Crippen LogP contribution in [0.15, 0.2) is 12.1 Å². The maximum absolute atomic E-state index is 13.6. The lowest BCUT2D eigenvalue weighted by atomic mass is 10.0. The second-order valence-electron chi connectivity index (χ2n) is 8.61. The van der Waals surface area contributed by atoms with Crippen molar-refractivity contribution in [2.75, 3.05) is 5.32 Å². The smallest absolute Gasteiger partial charge is 0.293 e. The van der Waals surface area contributed by atoms with Crippen molar-refractivity contribution in [3.8, 4) is 0 Å². The van der Waals surface area contributed by atoms with Gasteiger partial charge in [0.1, 0.15) is 11.2 Å². The van der Waals surface area contributed by atoms with Gasteiger partial charge in [-0.3, -0.25) is 25.2 Å². The third-order valence-electron chi connectivity index (χ3n) is 6.09. The normalized spacial score (nSPS) is 15.2. The number of benzene rings is 1. The Morgan fingerprint density at radius 3 is 2.31 bits per heavy atom. The van der Waals surface area contributed by atoms with E-state index < -0.39 is 40.6 Å². The molecule has 4 rings (SSSR count). The van der Waals surface area contributed by atoms with Gasteiger partial charge in [-0.1, -0.05) is 0 Å². The monoisotopic (exact) mass is 489 g/mol. The molecule has 1 saturated carbocycles. The molecule has 1 aliphatic carbocycles. The number of hydrogen-bond acceptors (Lipinski definition) is 6. The molecule has 9 nitrogen and oxygen atoms in total. The van der Waals surface area contributed by atoms with Crippen LogP contribution >= 0.6 is 0 Å². The first-order chi connectivity index (χ1) is 16.4. The third kappa shape index (κ3) is 4.31. The maximum atomic E-state index is 13.6. The lowest BCUT2D eigenvalue weighted by Gasteiger charge is -2.17. The quantitative estimate of drug-likeness (QED) is 0.163. The topological polar surface area (TPSA) is 137 Å². The van der Waals surface area contributed by atoms with E-state index >= 15 is 0 Å². The van der Waals surface area contributed by atoms with Gasteiger partial charge in [0.2, 0.25) is 5.90 Å². The highest BCUT2D eigenvalue weighted by Gasteiger charge is 2.51. The molecule has 0 atom stereocenters. The van der Waals surface area contributed by atoms with E-state index in [1.165, 1.54) is 13.8 Å². The van der Waals surface area contributed by atoms with E-state index in [0.29, 0.717) is 50.1 Å². The van der Waals surface area contributed by atoms with E-state index in [-0.39, 0.29) is 34.3 Å². The van der Waals surface area contributed by atoms with Gasteiger partial charge in [0.15, 0.2) is 23.3 Å². The molecule has 2 aliphatic rings. The fourth-order valence-corrected chi connectivity index (χ4v) is 4.30. The zero-order chi connectivity index (χ0) is 25.7. The van der Waals surface area contributed by atoms with Crippen LogP contribution in [0.5, 0.6) is 0 Å². The summed E-state index contributed by atoms with van der Waals surface area (Å²) < 4.78 is 46.9. The van der Waals surface area contributed by atoms with Crippen molar-refractivity contribution in [1.29, 1.82) is 10.8 Å². The number of hydrogen-bond donors (Lipinski definition) is 4. The Labute approximate surface area is 197 Å². The molecule has 0 bridgehead atoms. The molecule has 2 heterocycles. The molecule has 2 aromatic rings. The summed E-state index contributed by atoms with van der Waals surface area (Å²) in [5.74, 6) is -7.79. The molecule has 4 N–H and O–H groups in total. The molecule has 2 amide bonds. The van der Waals surface area contributed by atoms with Crippen LogP contribution in [0.2, 0.25) is 0 Å². The van der Waals surface area contributed by atoms with Crippen molar-refractivity contribution in [3.63, 3.8) is 0 Å². The lowest BCUT2D eigenvalue weighted by molar-refractivity contribution is -0.117. The first kappa shape index (κ1) is 24.2. The van der Waals surface area contributed by atoms with Crippen LogP contribution in [0.1, 0.15) is 58.3 Å². The standard InChI is InChI=1S/C23H22F3N5O4/c1-10-16(19(32)21(34)30-23(5-6-23)22(28)35-11(2)27)15-4-3-7-31(15)18(10)20(33)29-12-8-13(24)17(26)14(25)9-12/h8-9,27-28H,3-7H2,1-2H3,(H,29,33)(H,30,34). The minimum Gasteiger partial charge on any atom is -0.428 e. The Morgan fingerprint density at radius 1 is 1.11 bits per heavy atom. The minimum atomic E-state index is -1.66. The Balaban J connectivity index is 1.60. The molecule has 1 aromatic carbocycles. The van der Waals surface area contributed by atoms with Crippen molar-refractivity contribution >= 4 is 35.1 Å². The van der Waals surface area contributed by atoms with Crippen LogP contribution in [0.25, 0.3) is 0 Å². The molecule has 0 saturated heterocycles. The zero-order valence-corrected chi connectivity index (χ0v) is 18.9. The van der Waals surface area contributed by atoms with Crippen LogP contribution in [-0.2, 0) is 22.5 Å². The number of nitrogens with zero attached hydrogens (tertiary/aromatic N) is 1. The molecule has 1 aliphatic heterocycles. The van der Waals surface area contributed by atoms with Crippen LogP contribution in [0.4, 0.5) is 18.9 Å². The molecule has 35 heavy (non-hydrogen) atoms. The number of ketones is 1. The second kappa shape index (κ2) is 8.67. The number of carbonyl (C=O) groups is 3. The summed E-state index contributed by atoms with van der Waals surface area (Å²) in [7, 11) is 0. The molecule has 184 valence electrons. The number of halogens is 3. The van der Waals surface area contributed by atoms with Gasteiger partial charge in [-0.2, -0.15) is 0 Å². The molecular formula is C23H22F3N5O4. The number of anilines is 1. The third-order valence-corrected chi connectivity index (χ3v) is 6.09. The van der Waals surface area contributed by atoms with Gasteiger partial charge in [0, 0.05) is 37.0 Å². The van der Waals surface area contributed by atoms with Crippen molar-refractivity contribution < 1.29 is 32.3 Å². The number of ether oxygens (including phenoxy) is 1. The van der Waals surface area contributed by atoms with E-state index in [0.717, 1.165) is 0 Å². The van der Waals surface area contributed by atoms with Gasteiger partial charge in [-0.05, 0) is 38.2 Å². The Morgan fingerprint density at radius 2 is 1.74 bits per heavy atom. The summed E-state index contributed by atoms with van der Waals surface area (Å²) >= 11 is 0. The SMILES string of the molecule is CC(=N)OC(=N)C1(NC(=O)C(=O)c2c(C)c(C(=O)Nc3cc(F)c(F)c(F)c3)n3c2CCC3)CC1. The highest BCUT2D eigenvalue weighted by atomic mass is 19.2. The predicted molar refractivity (Wildman–Crippen MR) is 118 cm³/mol. The summed E-state index contributed by atoms with van der Waals surface area (Å²) in [5.41, 5.74) is -0.658. The molecule has 0 radical (unpaired) electrons. The first-order valence-corrected chi connectivity index (χ1v) is 10.8. The number of carbonyl (C=O) groups excluding carboxylic acids is 3. The molecular weight excluding hydrogens is 467 g/mol. The molecule has 0 unspecified atom stereocenters. The zero-order valence-electron chi connectivity index (χ0n) is 18.9. The number of amides is 2. The largest absolute Gasteiger partial charge is 0.428 e. The lowest BCUT2D eigenvalue weighted by Crippen LogP contribution is -2.47. The van der Waals surface area contributed by atoms with Crippen LogP contribution in [-0.4, -0.2) is 39.5 Å². The second-order valence-corrected chi connectivity index (χ2v) is 8.61. The number of rotatable bonds is 6. The van der Waals surface area contributed by atoms with Gasteiger partial charge in [0.25, 0.3) is 17.6 Å². The molecule has 1 fully saturated rings. The van der Waals surface area contributed by atoms with E-state index in [2.05, 4.69) is 10.6 Å². The van der Waals surface area contributed by atoms with Gasteiger partial charge < -0.3 is 19.9 Å². The molecule has 12 heteroatoms. The fraction of sp³-hybridized carbons (Fsp3) is 0.348. The fourth-order valence-electron chi connectivity index (χ4n) is 4.30. The van der Waals surface area contributed by atoms with E-state index in [4.69, 9.17) is 15.6 Å². The van der Waals surface area contributed by atoms with Gasteiger partial charge in [-0.25, -0.2) is 13.2 Å². The Kier molecular flexibility index (Phi) is 5.99. The van der Waals surface area contributed by atoms with Gasteiger partial charge in [0.05, 0.1) is 5.56 Å². The summed E-state index contributed by atoms with van der Waals surface area (Å²) in [5, 5.41) is 20.2. The van der Waals surface area contributed by atoms with E-state index in [1.54, 1.807) is 4.57 Å². The van der Waals surface area contributed by atoms with Crippen LogP contribution in [0.3, 0.4) is 0 Å². The van der Waals surface area contributed by atoms with Crippen molar-refractivity contribution in [2.45, 2.75) is 51.6 Å². The van der Waals surface area contributed by atoms with E-state index in [1.807, 2.05) is 0 Å². The number of nitrogens with one attached hydrogen (secondary N) is 4. The van der Waals surface area contributed by atoms with E-state index in [9.17, 15) is 27.6 Å². The first-order valence-electron chi connectivity index (χ1n) is 10.8. The van der Waals surface area contributed by atoms with Crippen molar-refractivity contribution in [2.24, 2.45) is 0 Å². The average Bonchev–Trinajstić information content (AvgIpc) is 3.31. The molecule has 1 aromatic heterocycles. The summed E-state index contributed by atoms with van der Waals surface area (Å²) in [6.07, 6.45) is 1.80. The van der Waals surface area contributed by atoms with Crippen LogP contribution in [0, 0.1) is 35.2 Å². The highest BCUT2D eigenvalue weighted by Crippen LogP contribution is 2.37. The van der Waals surface area contributed by atoms with Crippen molar-refractivity contribution in [1.82, 2.24) is 9.88 Å². The Hall–Kier alpha value is -3.96. The summed E-state index contributed by atoms with van der Waals surface area (Å²) in [4.78, 5) is 39.0. The minimum absolute atomic E-state index is 0.0492. The average molecular weight is 489 g/mol. The maximum Gasteiger partial charge on any atom is 0.293 e. The predicted octanol–water partition coefficient (Wildman–Crippen LogP) is 3.23. The summed E-state index contributed by atoms with van der Waals surface area (Å²) in [6, 6.07) is 1.28.